The fourth-order valence-electron chi connectivity index (χ4n) is 3.32. The number of hydrogen-bond acceptors (Lipinski definition) is 6. The lowest BCUT2D eigenvalue weighted by Gasteiger charge is -2.19. The van der Waals surface area contributed by atoms with E-state index in [1.807, 2.05) is 0 Å². The van der Waals surface area contributed by atoms with Crippen LogP contribution in [0.25, 0.3) is 11.0 Å². The van der Waals surface area contributed by atoms with E-state index < -0.39 is 5.92 Å². The molecule has 1 saturated heterocycles. The first kappa shape index (κ1) is 21.4. The van der Waals surface area contributed by atoms with Crippen LogP contribution in [0.3, 0.4) is 0 Å². The zero-order chi connectivity index (χ0) is 21.5. The Balaban J connectivity index is 1.52. The lowest BCUT2D eigenvalue weighted by atomic mass is 9.90. The third-order valence-corrected chi connectivity index (χ3v) is 4.86. The Kier molecular flexibility index (Phi) is 7.05. The first-order valence-electron chi connectivity index (χ1n) is 9.93. The van der Waals surface area contributed by atoms with Crippen LogP contribution in [0, 0.1) is 0 Å². The summed E-state index contributed by atoms with van der Waals surface area (Å²) in [5.74, 6) is -0.888. The highest BCUT2D eigenvalue weighted by Crippen LogP contribution is 2.34. The molecule has 0 radical (unpaired) electrons. The highest BCUT2D eigenvalue weighted by molar-refractivity contribution is 6.02. The molecule has 9 heteroatoms. The maximum atomic E-state index is 12.2. The summed E-state index contributed by atoms with van der Waals surface area (Å²) in [6, 6.07) is 5.15. The quantitative estimate of drug-likeness (QED) is 0.419. The molecule has 1 aliphatic heterocycles. The second-order valence-corrected chi connectivity index (χ2v) is 7.18. The van der Waals surface area contributed by atoms with Gasteiger partial charge in [0.25, 0.3) is 5.91 Å². The molecule has 30 heavy (non-hydrogen) atoms. The van der Waals surface area contributed by atoms with Crippen LogP contribution in [0.2, 0.25) is 0 Å². The normalized spacial score (nSPS) is 16.2. The van der Waals surface area contributed by atoms with E-state index in [9.17, 15) is 19.2 Å². The van der Waals surface area contributed by atoms with Crippen molar-refractivity contribution in [2.75, 3.05) is 19.7 Å². The van der Waals surface area contributed by atoms with Crippen molar-refractivity contribution in [2.45, 2.75) is 38.5 Å². The molecule has 0 aliphatic carbocycles. The molecule has 3 N–H and O–H groups in total. The number of piperidine rings is 1. The fraction of sp³-hybridized carbons (Fsp3) is 0.429. The Morgan fingerprint density at radius 1 is 1.20 bits per heavy atom. The number of ether oxygens (including phenoxy) is 1. The van der Waals surface area contributed by atoms with Crippen molar-refractivity contribution in [1.82, 2.24) is 16.0 Å². The van der Waals surface area contributed by atoms with Crippen molar-refractivity contribution in [3.63, 3.8) is 0 Å². The first-order chi connectivity index (χ1) is 14.4. The molecule has 160 valence electrons. The summed E-state index contributed by atoms with van der Waals surface area (Å²) in [6.07, 6.45) is 3.77. The van der Waals surface area contributed by atoms with Gasteiger partial charge in [-0.1, -0.05) is 0 Å². The number of furan rings is 1. The molecule has 0 bridgehead atoms. The zero-order valence-corrected chi connectivity index (χ0v) is 16.8. The summed E-state index contributed by atoms with van der Waals surface area (Å²) in [4.78, 5) is 46.3. The molecule has 1 unspecified atom stereocenters. The van der Waals surface area contributed by atoms with Crippen LogP contribution in [-0.4, -0.2) is 43.3 Å². The third kappa shape index (κ3) is 5.59. The van der Waals surface area contributed by atoms with Gasteiger partial charge in [0, 0.05) is 37.4 Å². The van der Waals surface area contributed by atoms with Gasteiger partial charge in [-0.25, -0.2) is 0 Å². The molecule has 1 aromatic carbocycles. The van der Waals surface area contributed by atoms with Crippen LogP contribution < -0.4 is 20.7 Å². The average molecular weight is 415 g/mol. The second-order valence-electron chi connectivity index (χ2n) is 7.18. The van der Waals surface area contributed by atoms with Crippen LogP contribution in [0.4, 0.5) is 0 Å². The van der Waals surface area contributed by atoms with Crippen LogP contribution in [0.5, 0.6) is 5.75 Å². The lowest BCUT2D eigenvalue weighted by Crippen LogP contribution is -2.39. The molecule has 9 nitrogen and oxygen atoms in total. The summed E-state index contributed by atoms with van der Waals surface area (Å²) >= 11 is 0. The molecule has 1 aromatic heterocycles. The monoisotopic (exact) mass is 415 g/mol. The van der Waals surface area contributed by atoms with E-state index in [0.717, 1.165) is 18.2 Å². The van der Waals surface area contributed by atoms with Crippen molar-refractivity contribution in [2.24, 2.45) is 0 Å². The van der Waals surface area contributed by atoms with Gasteiger partial charge in [-0.15, -0.1) is 0 Å². The van der Waals surface area contributed by atoms with E-state index in [1.165, 1.54) is 13.2 Å². The van der Waals surface area contributed by atoms with Gasteiger partial charge in [-0.3, -0.25) is 24.5 Å². The second kappa shape index (κ2) is 9.91. The minimum absolute atomic E-state index is 0.0669. The molecule has 2 heterocycles. The van der Waals surface area contributed by atoms with Gasteiger partial charge < -0.3 is 19.8 Å². The average Bonchev–Trinajstić information content (AvgIpc) is 3.12. The number of unbranched alkanes of at least 4 members (excludes halogenated alkanes) is 1. The van der Waals surface area contributed by atoms with E-state index in [2.05, 4.69) is 16.0 Å². The van der Waals surface area contributed by atoms with Crippen molar-refractivity contribution < 1.29 is 28.3 Å². The van der Waals surface area contributed by atoms with E-state index in [1.54, 1.807) is 18.2 Å². The summed E-state index contributed by atoms with van der Waals surface area (Å²) < 4.78 is 11.1. The number of carbonyl (C=O) groups is 4. The molecule has 1 atom stereocenters. The van der Waals surface area contributed by atoms with Crippen molar-refractivity contribution in [3.8, 4) is 5.75 Å². The van der Waals surface area contributed by atoms with Crippen LogP contribution in [0.15, 0.2) is 28.9 Å². The topological polar surface area (TPSA) is 127 Å². The van der Waals surface area contributed by atoms with Gasteiger partial charge in [0.05, 0.1) is 12.2 Å². The van der Waals surface area contributed by atoms with Gasteiger partial charge in [0.1, 0.15) is 11.3 Å². The zero-order valence-electron chi connectivity index (χ0n) is 16.8. The Morgan fingerprint density at radius 3 is 2.70 bits per heavy atom. The largest absolute Gasteiger partial charge is 0.484 e. The van der Waals surface area contributed by atoms with Crippen LogP contribution >= 0.6 is 0 Å². The van der Waals surface area contributed by atoms with E-state index in [-0.39, 0.29) is 36.7 Å². The number of imide groups is 1. The number of benzene rings is 1. The van der Waals surface area contributed by atoms with Gasteiger partial charge in [-0.2, -0.15) is 0 Å². The first-order valence-corrected chi connectivity index (χ1v) is 9.93. The molecule has 0 spiro atoms. The molecular weight excluding hydrogens is 390 g/mol. The standard InChI is InChI=1S/C21H25N3O6/c1-13(25)22-8-2-3-9-23-20(27)12-29-14-4-6-18-16(10-14)17(11-30-18)15-5-7-19(26)24-21(15)28/h4,6,10-11,15H,2-3,5,7-9,12H2,1H3,(H,22,25)(H,23,27)(H,24,26,28). The lowest BCUT2D eigenvalue weighted by molar-refractivity contribution is -0.134. The number of amides is 4. The summed E-state index contributed by atoms with van der Waals surface area (Å²) in [6.45, 7) is 2.42. The van der Waals surface area contributed by atoms with E-state index in [4.69, 9.17) is 9.15 Å². The highest BCUT2D eigenvalue weighted by atomic mass is 16.5. The minimum atomic E-state index is -0.458. The Hall–Kier alpha value is -3.36. The van der Waals surface area contributed by atoms with Gasteiger partial charge in [0.15, 0.2) is 6.61 Å². The van der Waals surface area contributed by atoms with Crippen LogP contribution in [-0.2, 0) is 19.2 Å². The minimum Gasteiger partial charge on any atom is -0.484 e. The highest BCUT2D eigenvalue weighted by Gasteiger charge is 2.30. The predicted octanol–water partition coefficient (Wildman–Crippen LogP) is 1.36. The Labute approximate surface area is 173 Å². The molecule has 1 fully saturated rings. The summed E-state index contributed by atoms with van der Waals surface area (Å²) in [7, 11) is 0. The number of fused-ring (bicyclic) bond motifs is 1. The number of hydrogen-bond donors (Lipinski definition) is 3. The van der Waals surface area contributed by atoms with Crippen LogP contribution in [0.1, 0.15) is 44.1 Å². The van der Waals surface area contributed by atoms with Crippen molar-refractivity contribution in [1.29, 1.82) is 0 Å². The van der Waals surface area contributed by atoms with Gasteiger partial charge >= 0.3 is 0 Å². The predicted molar refractivity (Wildman–Crippen MR) is 108 cm³/mol. The molecule has 1 aliphatic rings. The van der Waals surface area contributed by atoms with Gasteiger partial charge in [0.2, 0.25) is 17.7 Å². The summed E-state index contributed by atoms with van der Waals surface area (Å²) in [5, 5.41) is 8.54. The smallest absolute Gasteiger partial charge is 0.257 e. The Bertz CT molecular complexity index is 951. The number of rotatable bonds is 9. The molecule has 2 aromatic rings. The SMILES string of the molecule is CC(=O)NCCCCNC(=O)COc1ccc2occ(C3CCC(=O)NC3=O)c2c1. The van der Waals surface area contributed by atoms with E-state index in [0.29, 0.717) is 36.4 Å². The molecule has 3 rings (SSSR count). The third-order valence-electron chi connectivity index (χ3n) is 4.86. The van der Waals surface area contributed by atoms with Gasteiger partial charge in [-0.05, 0) is 37.5 Å². The molecular formula is C21H25N3O6. The fourth-order valence-corrected chi connectivity index (χ4v) is 3.32. The molecule has 4 amide bonds. The molecule has 0 saturated carbocycles. The van der Waals surface area contributed by atoms with E-state index >= 15 is 0 Å². The van der Waals surface area contributed by atoms with Crippen molar-refractivity contribution in [3.05, 3.63) is 30.0 Å². The maximum Gasteiger partial charge on any atom is 0.257 e. The Morgan fingerprint density at radius 2 is 1.97 bits per heavy atom. The summed E-state index contributed by atoms with van der Waals surface area (Å²) in [5.41, 5.74) is 1.30. The number of carbonyl (C=O) groups excluding carboxylic acids is 4. The number of nitrogens with one attached hydrogen (secondary N) is 3. The van der Waals surface area contributed by atoms with Crippen molar-refractivity contribution >= 4 is 34.6 Å². The maximum absolute atomic E-state index is 12.2.